The molecule has 4 rings (SSSR count). The third-order valence-corrected chi connectivity index (χ3v) is 5.33. The smallest absolute Gasteiger partial charge is 0.268 e. The topological polar surface area (TPSA) is 46.6 Å². The highest BCUT2D eigenvalue weighted by molar-refractivity contribution is 6.09. The molecule has 152 valence electrons. The second kappa shape index (κ2) is 8.11. The van der Waals surface area contributed by atoms with Crippen molar-refractivity contribution < 1.29 is 18.7 Å². The molecule has 0 bridgehead atoms. The number of hydrogen-bond donors (Lipinski definition) is 0. The summed E-state index contributed by atoms with van der Waals surface area (Å²) in [7, 11) is 0. The molecule has 3 aromatic carbocycles. The van der Waals surface area contributed by atoms with Gasteiger partial charge in [-0.2, -0.15) is 0 Å². The number of carbonyl (C=O) groups excluding carboxylic acids is 2. The molecular formula is C25H22FNO3. The van der Waals surface area contributed by atoms with Crippen LogP contribution in [-0.2, 0) is 11.2 Å². The molecule has 0 saturated carbocycles. The Bertz CT molecular complexity index is 1080. The molecule has 4 nitrogen and oxygen atoms in total. The van der Waals surface area contributed by atoms with Crippen LogP contribution in [0.5, 0.6) is 5.75 Å². The maximum atomic E-state index is 13.1. The molecular weight excluding hydrogens is 381 g/mol. The Morgan fingerprint density at radius 1 is 0.967 bits per heavy atom. The number of fused-ring (bicyclic) bond motifs is 1. The van der Waals surface area contributed by atoms with E-state index in [9.17, 15) is 14.0 Å². The Hall–Kier alpha value is -3.47. The van der Waals surface area contributed by atoms with Crippen molar-refractivity contribution in [3.8, 4) is 5.75 Å². The summed E-state index contributed by atoms with van der Waals surface area (Å²) < 4.78 is 18.9. The highest BCUT2D eigenvalue weighted by Gasteiger charge is 2.33. The first kappa shape index (κ1) is 19.8. The number of anilines is 1. The lowest BCUT2D eigenvalue weighted by Gasteiger charge is -2.26. The SMILES string of the molecule is C[C@H](Oc1ccc(C(=O)c2ccc(F)cc2)cc1)C(=O)N1c2ccccc2C[C@@H]1C. The maximum Gasteiger partial charge on any atom is 0.268 e. The molecule has 5 heteroatoms. The van der Waals surface area contributed by atoms with E-state index in [2.05, 4.69) is 0 Å². The lowest BCUT2D eigenvalue weighted by atomic mass is 10.0. The number of nitrogens with zero attached hydrogens (tertiary/aromatic N) is 1. The lowest BCUT2D eigenvalue weighted by Crippen LogP contribution is -2.43. The second-order valence-corrected chi connectivity index (χ2v) is 7.51. The molecule has 2 atom stereocenters. The molecule has 1 heterocycles. The molecule has 0 radical (unpaired) electrons. The van der Waals surface area contributed by atoms with Gasteiger partial charge in [-0.1, -0.05) is 18.2 Å². The number of hydrogen-bond acceptors (Lipinski definition) is 3. The van der Waals surface area contributed by atoms with Gasteiger partial charge in [-0.15, -0.1) is 0 Å². The van der Waals surface area contributed by atoms with E-state index in [0.29, 0.717) is 16.9 Å². The number of ketones is 1. The first-order chi connectivity index (χ1) is 14.4. The van der Waals surface area contributed by atoms with Crippen molar-refractivity contribution in [3.05, 3.63) is 95.3 Å². The molecule has 3 aromatic rings. The minimum Gasteiger partial charge on any atom is -0.481 e. The number of amides is 1. The van der Waals surface area contributed by atoms with Gasteiger partial charge in [0.25, 0.3) is 5.91 Å². The molecule has 0 aliphatic carbocycles. The average Bonchev–Trinajstić information content (AvgIpc) is 3.09. The van der Waals surface area contributed by atoms with Gasteiger partial charge < -0.3 is 9.64 Å². The number of rotatable bonds is 5. The van der Waals surface area contributed by atoms with Crippen LogP contribution in [0.2, 0.25) is 0 Å². The van der Waals surface area contributed by atoms with E-state index >= 15 is 0 Å². The molecule has 30 heavy (non-hydrogen) atoms. The minimum atomic E-state index is -0.669. The van der Waals surface area contributed by atoms with Gasteiger partial charge in [-0.25, -0.2) is 4.39 Å². The van der Waals surface area contributed by atoms with Gasteiger partial charge in [0, 0.05) is 22.9 Å². The van der Waals surface area contributed by atoms with Gasteiger partial charge in [-0.05, 0) is 80.4 Å². The second-order valence-electron chi connectivity index (χ2n) is 7.51. The Labute approximate surface area is 174 Å². The summed E-state index contributed by atoms with van der Waals surface area (Å²) in [4.78, 5) is 27.3. The van der Waals surface area contributed by atoms with Gasteiger partial charge in [0.15, 0.2) is 11.9 Å². The Kier molecular flexibility index (Phi) is 5.36. The van der Waals surface area contributed by atoms with Gasteiger partial charge in [0.1, 0.15) is 11.6 Å². The quantitative estimate of drug-likeness (QED) is 0.575. The van der Waals surface area contributed by atoms with Crippen molar-refractivity contribution in [2.24, 2.45) is 0 Å². The largest absolute Gasteiger partial charge is 0.481 e. The lowest BCUT2D eigenvalue weighted by molar-refractivity contribution is -0.124. The maximum absolute atomic E-state index is 13.1. The van der Waals surface area contributed by atoms with Crippen LogP contribution >= 0.6 is 0 Å². The van der Waals surface area contributed by atoms with Crippen LogP contribution in [0.3, 0.4) is 0 Å². The standard InChI is InChI=1S/C25H22FNO3/c1-16-15-20-5-3-4-6-23(20)27(16)25(29)17(2)30-22-13-9-19(10-14-22)24(28)18-7-11-21(26)12-8-18/h3-14,16-17H,15H2,1-2H3/t16-,17-/m0/s1. The Morgan fingerprint density at radius 3 is 2.23 bits per heavy atom. The minimum absolute atomic E-state index is 0.0802. The van der Waals surface area contributed by atoms with Gasteiger partial charge in [0.05, 0.1) is 0 Å². The van der Waals surface area contributed by atoms with E-state index in [0.717, 1.165) is 17.7 Å². The zero-order chi connectivity index (χ0) is 21.3. The molecule has 0 unspecified atom stereocenters. The van der Waals surface area contributed by atoms with Crippen LogP contribution in [0.25, 0.3) is 0 Å². The summed E-state index contributed by atoms with van der Waals surface area (Å²) in [6, 6.07) is 20.0. The molecule has 0 spiro atoms. The first-order valence-corrected chi connectivity index (χ1v) is 9.92. The highest BCUT2D eigenvalue weighted by Crippen LogP contribution is 2.32. The highest BCUT2D eigenvalue weighted by atomic mass is 19.1. The zero-order valence-electron chi connectivity index (χ0n) is 16.8. The van der Waals surface area contributed by atoms with E-state index in [-0.39, 0.29) is 23.5 Å². The van der Waals surface area contributed by atoms with Crippen molar-refractivity contribution in [1.29, 1.82) is 0 Å². The Morgan fingerprint density at radius 2 is 1.57 bits per heavy atom. The van der Waals surface area contributed by atoms with Crippen molar-refractivity contribution in [2.75, 3.05) is 4.90 Å². The molecule has 0 N–H and O–H groups in total. The fourth-order valence-corrected chi connectivity index (χ4v) is 3.80. The summed E-state index contributed by atoms with van der Waals surface area (Å²) >= 11 is 0. The number of ether oxygens (including phenoxy) is 1. The summed E-state index contributed by atoms with van der Waals surface area (Å²) in [6.45, 7) is 3.76. The van der Waals surface area contributed by atoms with Crippen LogP contribution in [0.15, 0.2) is 72.8 Å². The number of carbonyl (C=O) groups is 2. The van der Waals surface area contributed by atoms with Crippen LogP contribution in [0.4, 0.5) is 10.1 Å². The van der Waals surface area contributed by atoms with Gasteiger partial charge in [0.2, 0.25) is 0 Å². The normalized spacial score (nSPS) is 16.1. The van der Waals surface area contributed by atoms with Crippen LogP contribution in [0.1, 0.15) is 35.3 Å². The third-order valence-electron chi connectivity index (χ3n) is 5.33. The molecule has 1 aliphatic rings. The van der Waals surface area contributed by atoms with E-state index < -0.39 is 6.10 Å². The summed E-state index contributed by atoms with van der Waals surface area (Å²) in [5, 5.41) is 0. The van der Waals surface area contributed by atoms with Crippen molar-refractivity contribution in [1.82, 2.24) is 0 Å². The monoisotopic (exact) mass is 403 g/mol. The average molecular weight is 403 g/mol. The van der Waals surface area contributed by atoms with E-state index in [1.165, 1.54) is 24.3 Å². The van der Waals surface area contributed by atoms with Crippen molar-refractivity contribution in [3.63, 3.8) is 0 Å². The van der Waals surface area contributed by atoms with Crippen molar-refractivity contribution in [2.45, 2.75) is 32.4 Å². The van der Waals surface area contributed by atoms with E-state index in [1.807, 2.05) is 31.2 Å². The van der Waals surface area contributed by atoms with Crippen molar-refractivity contribution >= 4 is 17.4 Å². The number of benzene rings is 3. The summed E-state index contributed by atoms with van der Waals surface area (Å²) in [6.07, 6.45) is 0.159. The third kappa shape index (κ3) is 3.83. The van der Waals surface area contributed by atoms with Gasteiger partial charge >= 0.3 is 0 Å². The first-order valence-electron chi connectivity index (χ1n) is 9.92. The van der Waals surface area contributed by atoms with E-state index in [1.54, 1.807) is 36.1 Å². The predicted octanol–water partition coefficient (Wildman–Crippen LogP) is 4.80. The molecule has 1 amide bonds. The summed E-state index contributed by atoms with van der Waals surface area (Å²) in [5.41, 5.74) is 2.98. The fraction of sp³-hybridized carbons (Fsp3) is 0.200. The fourth-order valence-electron chi connectivity index (χ4n) is 3.80. The zero-order valence-corrected chi connectivity index (χ0v) is 16.8. The summed E-state index contributed by atoms with van der Waals surface area (Å²) in [5.74, 6) is -0.178. The predicted molar refractivity (Wildman–Crippen MR) is 113 cm³/mol. The number of halogens is 1. The van der Waals surface area contributed by atoms with Crippen LogP contribution < -0.4 is 9.64 Å². The number of para-hydroxylation sites is 1. The molecule has 0 fully saturated rings. The van der Waals surface area contributed by atoms with Crippen LogP contribution in [-0.4, -0.2) is 23.8 Å². The molecule has 0 saturated heterocycles. The molecule has 0 aromatic heterocycles. The molecule has 1 aliphatic heterocycles. The van der Waals surface area contributed by atoms with Gasteiger partial charge in [-0.3, -0.25) is 9.59 Å². The van der Waals surface area contributed by atoms with E-state index in [4.69, 9.17) is 4.74 Å². The Balaban J connectivity index is 1.45. The van der Waals surface area contributed by atoms with Crippen LogP contribution in [0, 0.1) is 5.82 Å².